The van der Waals surface area contributed by atoms with E-state index in [1.165, 1.54) is 12.8 Å². The zero-order valence-electron chi connectivity index (χ0n) is 13.8. The van der Waals surface area contributed by atoms with Gasteiger partial charge < -0.3 is 10.4 Å². The minimum atomic E-state index is -0.426. The maximum absolute atomic E-state index is 12.0. The molecule has 1 heterocycles. The number of aliphatic hydroxyl groups excluding tert-OH is 1. The van der Waals surface area contributed by atoms with Crippen LogP contribution in [0.2, 0.25) is 0 Å². The minimum Gasteiger partial charge on any atom is -0.391 e. The lowest BCUT2D eigenvalue weighted by molar-refractivity contribution is -0.121. The molecule has 1 fully saturated rings. The quantitative estimate of drug-likeness (QED) is 0.813. The highest BCUT2D eigenvalue weighted by Gasteiger charge is 2.23. The number of hydrogen-bond acceptors (Lipinski definition) is 4. The Labute approximate surface area is 141 Å². The second kappa shape index (κ2) is 8.06. The van der Waals surface area contributed by atoms with E-state index in [0.29, 0.717) is 25.3 Å². The van der Waals surface area contributed by atoms with Gasteiger partial charge in [-0.3, -0.25) is 9.36 Å². The summed E-state index contributed by atoms with van der Waals surface area (Å²) in [6.45, 7) is 0.342. The number of carbonyl (C=O) groups is 1. The number of aryl methyl sites for hydroxylation is 1. The number of rotatable bonds is 7. The molecule has 1 atom stereocenters. The molecule has 1 amide bonds. The van der Waals surface area contributed by atoms with Crippen molar-refractivity contribution >= 4 is 5.91 Å². The van der Waals surface area contributed by atoms with Crippen molar-refractivity contribution in [2.45, 2.75) is 44.6 Å². The summed E-state index contributed by atoms with van der Waals surface area (Å²) in [6.07, 6.45) is 6.59. The van der Waals surface area contributed by atoms with Gasteiger partial charge in [0.25, 0.3) is 0 Å². The van der Waals surface area contributed by atoms with Crippen molar-refractivity contribution in [1.82, 2.24) is 20.1 Å². The highest BCUT2D eigenvalue weighted by molar-refractivity contribution is 5.76. The van der Waals surface area contributed by atoms with E-state index < -0.39 is 6.10 Å². The molecule has 0 saturated heterocycles. The maximum atomic E-state index is 12.0. The van der Waals surface area contributed by atoms with E-state index in [-0.39, 0.29) is 5.91 Å². The third-order valence-electron chi connectivity index (χ3n) is 4.68. The van der Waals surface area contributed by atoms with Crippen molar-refractivity contribution in [2.75, 3.05) is 6.54 Å². The fourth-order valence-corrected chi connectivity index (χ4v) is 3.27. The third kappa shape index (κ3) is 4.20. The van der Waals surface area contributed by atoms with E-state index in [1.807, 2.05) is 34.9 Å². The van der Waals surface area contributed by atoms with E-state index >= 15 is 0 Å². The number of carbonyl (C=O) groups excluding carboxylic acids is 1. The highest BCUT2D eigenvalue weighted by Crippen LogP contribution is 2.27. The first kappa shape index (κ1) is 16.6. The van der Waals surface area contributed by atoms with Crippen molar-refractivity contribution < 1.29 is 9.90 Å². The van der Waals surface area contributed by atoms with Crippen molar-refractivity contribution in [3.05, 3.63) is 42.5 Å². The molecule has 1 aromatic heterocycles. The highest BCUT2D eigenvalue weighted by atomic mass is 16.3. The molecule has 1 unspecified atom stereocenters. The molecule has 2 aromatic rings. The Bertz CT molecular complexity index is 650. The van der Waals surface area contributed by atoms with E-state index in [9.17, 15) is 9.90 Å². The van der Waals surface area contributed by atoms with E-state index in [4.69, 9.17) is 0 Å². The topological polar surface area (TPSA) is 80.0 Å². The molecule has 6 heteroatoms. The summed E-state index contributed by atoms with van der Waals surface area (Å²) in [5, 5.41) is 21.0. The Morgan fingerprint density at radius 1 is 1.29 bits per heavy atom. The normalized spacial score (nSPS) is 16.2. The summed E-state index contributed by atoms with van der Waals surface area (Å²) in [4.78, 5) is 12.0. The Morgan fingerprint density at radius 3 is 2.79 bits per heavy atom. The largest absolute Gasteiger partial charge is 0.391 e. The lowest BCUT2D eigenvalue weighted by Crippen LogP contribution is -2.35. The van der Waals surface area contributed by atoms with Crippen LogP contribution < -0.4 is 5.32 Å². The zero-order chi connectivity index (χ0) is 16.8. The Hall–Kier alpha value is -2.21. The number of aliphatic hydroxyl groups is 1. The molecule has 2 N–H and O–H groups in total. The maximum Gasteiger partial charge on any atom is 0.220 e. The molecule has 128 valence electrons. The Morgan fingerprint density at radius 2 is 2.04 bits per heavy atom. The predicted octanol–water partition coefficient (Wildman–Crippen LogP) is 1.87. The molecule has 0 radical (unpaired) electrons. The van der Waals surface area contributed by atoms with Crippen LogP contribution in [0.5, 0.6) is 0 Å². The van der Waals surface area contributed by atoms with Gasteiger partial charge in [0.05, 0.1) is 6.10 Å². The summed E-state index contributed by atoms with van der Waals surface area (Å²) in [5.41, 5.74) is 0.981. The minimum absolute atomic E-state index is 0.0605. The van der Waals surface area contributed by atoms with Gasteiger partial charge in [-0.05, 0) is 30.9 Å². The molecule has 6 nitrogen and oxygen atoms in total. The molecule has 0 spiro atoms. The first-order valence-corrected chi connectivity index (χ1v) is 8.63. The number of nitrogens with one attached hydrogen (secondary N) is 1. The molecule has 24 heavy (non-hydrogen) atoms. The third-order valence-corrected chi connectivity index (χ3v) is 4.68. The molecule has 1 saturated carbocycles. The van der Waals surface area contributed by atoms with Gasteiger partial charge in [0.2, 0.25) is 5.91 Å². The lowest BCUT2D eigenvalue weighted by Gasteiger charge is -2.18. The monoisotopic (exact) mass is 328 g/mol. The SMILES string of the molecule is O=C(CCc1nncn1-c1ccccc1)NCC(O)C1CCCC1. The van der Waals surface area contributed by atoms with Gasteiger partial charge in [0.15, 0.2) is 0 Å². The van der Waals surface area contributed by atoms with Gasteiger partial charge in [0, 0.05) is 25.1 Å². The molecule has 3 rings (SSSR count). The number of para-hydroxylation sites is 1. The van der Waals surface area contributed by atoms with Crippen molar-refractivity contribution in [3.8, 4) is 5.69 Å². The van der Waals surface area contributed by atoms with Crippen molar-refractivity contribution in [1.29, 1.82) is 0 Å². The average molecular weight is 328 g/mol. The van der Waals surface area contributed by atoms with Crippen LogP contribution in [0.25, 0.3) is 5.69 Å². The number of benzene rings is 1. The van der Waals surface area contributed by atoms with Gasteiger partial charge in [-0.15, -0.1) is 10.2 Å². The molecule has 1 aliphatic carbocycles. The average Bonchev–Trinajstić information content (AvgIpc) is 3.30. The molecule has 0 bridgehead atoms. The fourth-order valence-electron chi connectivity index (χ4n) is 3.27. The van der Waals surface area contributed by atoms with E-state index in [2.05, 4.69) is 15.5 Å². The first-order valence-electron chi connectivity index (χ1n) is 8.63. The summed E-state index contributed by atoms with van der Waals surface area (Å²) >= 11 is 0. The summed E-state index contributed by atoms with van der Waals surface area (Å²) < 4.78 is 1.89. The van der Waals surface area contributed by atoms with Crippen LogP contribution >= 0.6 is 0 Å². The zero-order valence-corrected chi connectivity index (χ0v) is 13.8. The van der Waals surface area contributed by atoms with E-state index in [1.54, 1.807) is 6.33 Å². The Balaban J connectivity index is 1.47. The van der Waals surface area contributed by atoms with Gasteiger partial charge in [0.1, 0.15) is 12.2 Å². The van der Waals surface area contributed by atoms with Crippen LogP contribution in [-0.2, 0) is 11.2 Å². The van der Waals surface area contributed by atoms with E-state index in [0.717, 1.165) is 24.4 Å². The molecular formula is C18H24N4O2. The van der Waals surface area contributed by atoms with Crippen molar-refractivity contribution in [3.63, 3.8) is 0 Å². The number of nitrogens with zero attached hydrogens (tertiary/aromatic N) is 3. The van der Waals surface area contributed by atoms with Crippen LogP contribution in [0.3, 0.4) is 0 Å². The summed E-state index contributed by atoms with van der Waals surface area (Å²) in [5.74, 6) is 1.04. The number of aromatic nitrogens is 3. The lowest BCUT2D eigenvalue weighted by atomic mass is 10.0. The molecule has 1 aliphatic rings. The fraction of sp³-hybridized carbons (Fsp3) is 0.500. The van der Waals surface area contributed by atoms with Crippen LogP contribution in [0.1, 0.15) is 37.9 Å². The van der Waals surface area contributed by atoms with Crippen LogP contribution in [-0.4, -0.2) is 38.4 Å². The van der Waals surface area contributed by atoms with Gasteiger partial charge >= 0.3 is 0 Å². The van der Waals surface area contributed by atoms with Crippen molar-refractivity contribution in [2.24, 2.45) is 5.92 Å². The van der Waals surface area contributed by atoms with Gasteiger partial charge in [-0.25, -0.2) is 0 Å². The van der Waals surface area contributed by atoms with Gasteiger partial charge in [-0.1, -0.05) is 31.0 Å². The van der Waals surface area contributed by atoms with Crippen LogP contribution in [0, 0.1) is 5.92 Å². The Kier molecular flexibility index (Phi) is 5.59. The second-order valence-electron chi connectivity index (χ2n) is 6.37. The molecule has 0 aliphatic heterocycles. The summed E-state index contributed by atoms with van der Waals surface area (Å²) in [6, 6.07) is 9.82. The summed E-state index contributed by atoms with van der Waals surface area (Å²) in [7, 11) is 0. The first-order chi connectivity index (χ1) is 11.7. The second-order valence-corrected chi connectivity index (χ2v) is 6.37. The van der Waals surface area contributed by atoms with Crippen LogP contribution in [0.15, 0.2) is 36.7 Å². The van der Waals surface area contributed by atoms with Gasteiger partial charge in [-0.2, -0.15) is 0 Å². The molecule has 1 aromatic carbocycles. The number of hydrogen-bond donors (Lipinski definition) is 2. The predicted molar refractivity (Wildman–Crippen MR) is 90.7 cm³/mol. The molecular weight excluding hydrogens is 304 g/mol. The smallest absolute Gasteiger partial charge is 0.220 e. The number of amides is 1. The standard InChI is InChI=1S/C18H24N4O2/c23-16(14-6-4-5-7-14)12-19-18(24)11-10-17-21-20-13-22(17)15-8-2-1-3-9-15/h1-3,8-9,13-14,16,23H,4-7,10-12H2,(H,19,24). The van der Waals surface area contributed by atoms with Crippen LogP contribution in [0.4, 0.5) is 0 Å².